The number of ether oxygens (including phenoxy) is 1. The van der Waals surface area contributed by atoms with E-state index in [0.717, 1.165) is 30.0 Å². The van der Waals surface area contributed by atoms with Crippen LogP contribution in [0.15, 0.2) is 6.33 Å². The van der Waals surface area contributed by atoms with Crippen LogP contribution in [0, 0.1) is 0 Å². The predicted molar refractivity (Wildman–Crippen MR) is 80.6 cm³/mol. The molecule has 4 rings (SSSR count). The average Bonchev–Trinajstić information content (AvgIpc) is 3.07. The van der Waals surface area contributed by atoms with E-state index in [0.29, 0.717) is 13.2 Å². The largest absolute Gasteiger partial charge is 0.367 e. The van der Waals surface area contributed by atoms with Crippen molar-refractivity contribution in [1.29, 1.82) is 0 Å². The maximum Gasteiger partial charge on any atom is 0.248 e. The van der Waals surface area contributed by atoms with Crippen molar-refractivity contribution in [3.8, 4) is 0 Å². The Morgan fingerprint density at radius 2 is 2.33 bits per heavy atom. The second kappa shape index (κ2) is 4.92. The van der Waals surface area contributed by atoms with Crippen LogP contribution in [0.4, 0.5) is 5.82 Å². The molecule has 2 aromatic heterocycles. The van der Waals surface area contributed by atoms with Gasteiger partial charge < -0.3 is 15.4 Å². The third kappa shape index (κ3) is 2.08. The molecule has 7 heteroatoms. The number of hydrogen-bond donors (Lipinski definition) is 1. The Bertz CT molecular complexity index is 714. The van der Waals surface area contributed by atoms with Crippen LogP contribution in [0.1, 0.15) is 16.9 Å². The van der Waals surface area contributed by atoms with Gasteiger partial charge in [-0.05, 0) is 24.8 Å². The first-order valence-electron chi connectivity index (χ1n) is 7.15. The van der Waals surface area contributed by atoms with E-state index < -0.39 is 12.0 Å². The van der Waals surface area contributed by atoms with E-state index in [1.54, 1.807) is 17.7 Å². The Labute approximate surface area is 125 Å². The van der Waals surface area contributed by atoms with Gasteiger partial charge in [0.2, 0.25) is 5.91 Å². The third-order valence-corrected chi connectivity index (χ3v) is 5.36. The highest BCUT2D eigenvalue weighted by Crippen LogP contribution is 2.40. The smallest absolute Gasteiger partial charge is 0.248 e. The van der Waals surface area contributed by atoms with E-state index in [1.165, 1.54) is 22.2 Å². The molecule has 1 aliphatic carbocycles. The molecule has 6 nitrogen and oxygen atoms in total. The van der Waals surface area contributed by atoms with E-state index in [9.17, 15) is 4.79 Å². The first-order valence-corrected chi connectivity index (χ1v) is 7.97. The van der Waals surface area contributed by atoms with Gasteiger partial charge in [-0.15, -0.1) is 11.3 Å². The zero-order valence-corrected chi connectivity index (χ0v) is 12.4. The standard InChI is InChI=1S/C14H16N4O2S/c15-12(19)9-6-18(4-5-20-9)13-11-8-2-1-3-10(8)21-14(11)17-7-16-13/h7,9H,1-6H2,(H2,15,19). The molecule has 1 fully saturated rings. The molecule has 1 unspecified atom stereocenters. The predicted octanol–water partition coefficient (Wildman–Crippen LogP) is 0.871. The summed E-state index contributed by atoms with van der Waals surface area (Å²) in [4.78, 5) is 24.9. The van der Waals surface area contributed by atoms with Gasteiger partial charge in [0.05, 0.1) is 18.5 Å². The second-order valence-electron chi connectivity index (χ2n) is 5.44. The summed E-state index contributed by atoms with van der Waals surface area (Å²) >= 11 is 1.77. The fourth-order valence-corrected chi connectivity index (χ4v) is 4.39. The second-order valence-corrected chi connectivity index (χ2v) is 6.53. The van der Waals surface area contributed by atoms with Gasteiger partial charge in [-0.2, -0.15) is 0 Å². The summed E-state index contributed by atoms with van der Waals surface area (Å²) in [6, 6.07) is 0. The number of fused-ring (bicyclic) bond motifs is 3. The Kier molecular flexibility index (Phi) is 3.04. The van der Waals surface area contributed by atoms with Crippen LogP contribution >= 0.6 is 11.3 Å². The van der Waals surface area contributed by atoms with E-state index >= 15 is 0 Å². The number of amides is 1. The van der Waals surface area contributed by atoms with Crippen LogP contribution in [0.5, 0.6) is 0 Å². The summed E-state index contributed by atoms with van der Waals surface area (Å²) in [7, 11) is 0. The molecule has 2 aliphatic rings. The molecule has 21 heavy (non-hydrogen) atoms. The van der Waals surface area contributed by atoms with Gasteiger partial charge in [-0.3, -0.25) is 4.79 Å². The summed E-state index contributed by atoms with van der Waals surface area (Å²) < 4.78 is 5.42. The number of nitrogens with zero attached hydrogens (tertiary/aromatic N) is 3. The lowest BCUT2D eigenvalue weighted by molar-refractivity contribution is -0.130. The monoisotopic (exact) mass is 304 g/mol. The molecule has 1 amide bonds. The number of anilines is 1. The SMILES string of the molecule is NC(=O)C1CN(c2ncnc3sc4c(c23)CCC4)CCO1. The highest BCUT2D eigenvalue weighted by Gasteiger charge is 2.29. The number of morpholine rings is 1. The van der Waals surface area contributed by atoms with Crippen molar-refractivity contribution in [2.45, 2.75) is 25.4 Å². The van der Waals surface area contributed by atoms with Gasteiger partial charge in [0.25, 0.3) is 0 Å². The molecule has 2 aromatic rings. The maximum absolute atomic E-state index is 11.4. The number of hydrogen-bond acceptors (Lipinski definition) is 6. The lowest BCUT2D eigenvalue weighted by Crippen LogP contribution is -2.48. The first-order chi connectivity index (χ1) is 10.2. The van der Waals surface area contributed by atoms with Crippen molar-refractivity contribution in [2.75, 3.05) is 24.6 Å². The Morgan fingerprint density at radius 3 is 3.19 bits per heavy atom. The van der Waals surface area contributed by atoms with Crippen molar-refractivity contribution in [1.82, 2.24) is 9.97 Å². The zero-order valence-electron chi connectivity index (χ0n) is 11.5. The molecule has 1 aliphatic heterocycles. The minimum absolute atomic E-state index is 0.416. The molecule has 3 heterocycles. The number of primary amides is 1. The molecular formula is C14H16N4O2S. The summed E-state index contributed by atoms with van der Waals surface area (Å²) in [5.74, 6) is 0.509. The van der Waals surface area contributed by atoms with Crippen LogP contribution < -0.4 is 10.6 Å². The van der Waals surface area contributed by atoms with Crippen molar-refractivity contribution >= 4 is 33.3 Å². The van der Waals surface area contributed by atoms with Gasteiger partial charge in [0.1, 0.15) is 17.0 Å². The molecule has 2 N–H and O–H groups in total. The number of aryl methyl sites for hydroxylation is 2. The van der Waals surface area contributed by atoms with Crippen LogP contribution in [-0.4, -0.2) is 41.7 Å². The van der Waals surface area contributed by atoms with Crippen molar-refractivity contribution in [3.63, 3.8) is 0 Å². The highest BCUT2D eigenvalue weighted by molar-refractivity contribution is 7.19. The minimum atomic E-state index is -0.560. The maximum atomic E-state index is 11.4. The topological polar surface area (TPSA) is 81.3 Å². The summed E-state index contributed by atoms with van der Waals surface area (Å²) in [6.45, 7) is 1.68. The summed E-state index contributed by atoms with van der Waals surface area (Å²) in [5, 5.41) is 1.17. The Morgan fingerprint density at radius 1 is 1.43 bits per heavy atom. The Balaban J connectivity index is 1.78. The molecule has 1 saturated heterocycles. The van der Waals surface area contributed by atoms with Crippen molar-refractivity contribution < 1.29 is 9.53 Å². The highest BCUT2D eigenvalue weighted by atomic mass is 32.1. The normalized spacial score (nSPS) is 21.7. The average molecular weight is 304 g/mol. The van der Waals surface area contributed by atoms with Crippen LogP contribution in [0.25, 0.3) is 10.2 Å². The van der Waals surface area contributed by atoms with Gasteiger partial charge in [0.15, 0.2) is 6.10 Å². The molecule has 0 aromatic carbocycles. The van der Waals surface area contributed by atoms with Crippen LogP contribution in [0.3, 0.4) is 0 Å². The third-order valence-electron chi connectivity index (χ3n) is 4.16. The summed E-state index contributed by atoms with van der Waals surface area (Å²) in [5.41, 5.74) is 6.77. The van der Waals surface area contributed by atoms with Gasteiger partial charge in [-0.1, -0.05) is 0 Å². The van der Waals surface area contributed by atoms with Gasteiger partial charge in [-0.25, -0.2) is 9.97 Å². The molecule has 1 atom stereocenters. The Hall–Kier alpha value is -1.73. The molecule has 0 spiro atoms. The number of thiophene rings is 1. The number of rotatable bonds is 2. The molecule has 0 bridgehead atoms. The number of carbonyl (C=O) groups is 1. The molecular weight excluding hydrogens is 288 g/mol. The van der Waals surface area contributed by atoms with Crippen LogP contribution in [0.2, 0.25) is 0 Å². The fraction of sp³-hybridized carbons (Fsp3) is 0.500. The van der Waals surface area contributed by atoms with Crippen molar-refractivity contribution in [2.24, 2.45) is 5.73 Å². The molecule has 0 radical (unpaired) electrons. The lowest BCUT2D eigenvalue weighted by atomic mass is 10.1. The minimum Gasteiger partial charge on any atom is -0.367 e. The van der Waals surface area contributed by atoms with E-state index in [4.69, 9.17) is 10.5 Å². The van der Waals surface area contributed by atoms with Gasteiger partial charge >= 0.3 is 0 Å². The zero-order chi connectivity index (χ0) is 14.4. The molecule has 110 valence electrons. The van der Waals surface area contributed by atoms with Crippen molar-refractivity contribution in [3.05, 3.63) is 16.8 Å². The number of aromatic nitrogens is 2. The summed E-state index contributed by atoms with van der Waals surface area (Å²) in [6.07, 6.45) is 4.49. The van der Waals surface area contributed by atoms with E-state index in [-0.39, 0.29) is 0 Å². The number of nitrogens with two attached hydrogens (primary N) is 1. The van der Waals surface area contributed by atoms with Crippen LogP contribution in [-0.2, 0) is 22.4 Å². The lowest BCUT2D eigenvalue weighted by Gasteiger charge is -2.32. The van der Waals surface area contributed by atoms with E-state index in [2.05, 4.69) is 14.9 Å². The van der Waals surface area contributed by atoms with Gasteiger partial charge in [0, 0.05) is 11.4 Å². The molecule has 0 saturated carbocycles. The quantitative estimate of drug-likeness (QED) is 0.890. The van der Waals surface area contributed by atoms with E-state index in [1.807, 2.05) is 0 Å². The number of carbonyl (C=O) groups excluding carboxylic acids is 1. The fourth-order valence-electron chi connectivity index (χ4n) is 3.17. The first kappa shape index (κ1) is 13.0.